The SMILES string of the molecule is O=C(O)Cc1cc(N2CCCC2)nc(-c2ccccc2)n1. The van der Waals surface area contributed by atoms with E-state index in [1.807, 2.05) is 30.3 Å². The van der Waals surface area contributed by atoms with Gasteiger partial charge in [0.15, 0.2) is 5.82 Å². The molecule has 1 N–H and O–H groups in total. The molecule has 0 atom stereocenters. The van der Waals surface area contributed by atoms with E-state index in [0.29, 0.717) is 11.5 Å². The Morgan fingerprint density at radius 2 is 1.86 bits per heavy atom. The number of aromatic nitrogens is 2. The van der Waals surface area contributed by atoms with Crippen molar-refractivity contribution in [2.45, 2.75) is 19.3 Å². The lowest BCUT2D eigenvalue weighted by molar-refractivity contribution is -0.136. The van der Waals surface area contributed by atoms with E-state index in [-0.39, 0.29) is 6.42 Å². The average Bonchev–Trinajstić information content (AvgIpc) is 3.01. The van der Waals surface area contributed by atoms with Gasteiger partial charge in [-0.2, -0.15) is 0 Å². The second kappa shape index (κ2) is 5.91. The molecule has 5 nitrogen and oxygen atoms in total. The van der Waals surface area contributed by atoms with Crippen molar-refractivity contribution in [1.29, 1.82) is 0 Å². The minimum Gasteiger partial charge on any atom is -0.481 e. The van der Waals surface area contributed by atoms with Crippen molar-refractivity contribution in [3.63, 3.8) is 0 Å². The van der Waals surface area contributed by atoms with Crippen LogP contribution in [0.2, 0.25) is 0 Å². The van der Waals surface area contributed by atoms with Crippen molar-refractivity contribution in [2.75, 3.05) is 18.0 Å². The third kappa shape index (κ3) is 3.18. The minimum absolute atomic E-state index is 0.0802. The first-order chi connectivity index (χ1) is 10.2. The van der Waals surface area contributed by atoms with Crippen LogP contribution < -0.4 is 4.90 Å². The molecule has 0 unspecified atom stereocenters. The number of rotatable bonds is 4. The summed E-state index contributed by atoms with van der Waals surface area (Å²) in [6.07, 6.45) is 2.22. The van der Waals surface area contributed by atoms with Crippen molar-refractivity contribution in [2.24, 2.45) is 0 Å². The summed E-state index contributed by atoms with van der Waals surface area (Å²) in [4.78, 5) is 22.2. The number of carbonyl (C=O) groups is 1. The van der Waals surface area contributed by atoms with Gasteiger partial charge in [0.1, 0.15) is 5.82 Å². The fourth-order valence-corrected chi connectivity index (χ4v) is 2.55. The number of anilines is 1. The summed E-state index contributed by atoms with van der Waals surface area (Å²) >= 11 is 0. The van der Waals surface area contributed by atoms with Crippen LogP contribution in [0.4, 0.5) is 5.82 Å². The molecule has 5 heteroatoms. The van der Waals surface area contributed by atoms with Gasteiger partial charge in [-0.15, -0.1) is 0 Å². The van der Waals surface area contributed by atoms with E-state index < -0.39 is 5.97 Å². The van der Waals surface area contributed by atoms with Gasteiger partial charge in [0.2, 0.25) is 0 Å². The molecule has 1 saturated heterocycles. The Morgan fingerprint density at radius 1 is 1.14 bits per heavy atom. The normalized spacial score (nSPS) is 14.4. The molecule has 1 aromatic heterocycles. The predicted molar refractivity (Wildman–Crippen MR) is 80.3 cm³/mol. The van der Waals surface area contributed by atoms with Crippen molar-refractivity contribution in [1.82, 2.24) is 9.97 Å². The van der Waals surface area contributed by atoms with Crippen molar-refractivity contribution in [3.05, 3.63) is 42.1 Å². The molecule has 21 heavy (non-hydrogen) atoms. The summed E-state index contributed by atoms with van der Waals surface area (Å²) in [5.74, 6) is 0.550. The Kier molecular flexibility index (Phi) is 3.81. The topological polar surface area (TPSA) is 66.3 Å². The molecule has 0 aliphatic carbocycles. The fourth-order valence-electron chi connectivity index (χ4n) is 2.55. The molecule has 1 aliphatic heterocycles. The predicted octanol–water partition coefficient (Wildman–Crippen LogP) is 2.37. The van der Waals surface area contributed by atoms with Gasteiger partial charge in [-0.3, -0.25) is 4.79 Å². The second-order valence-corrected chi connectivity index (χ2v) is 5.17. The maximum Gasteiger partial charge on any atom is 0.309 e. The minimum atomic E-state index is -0.875. The monoisotopic (exact) mass is 283 g/mol. The van der Waals surface area contributed by atoms with Crippen LogP contribution in [0, 0.1) is 0 Å². The van der Waals surface area contributed by atoms with Crippen molar-refractivity contribution in [3.8, 4) is 11.4 Å². The number of aliphatic carboxylic acids is 1. The highest BCUT2D eigenvalue weighted by Gasteiger charge is 2.17. The maximum absolute atomic E-state index is 11.0. The summed E-state index contributed by atoms with van der Waals surface area (Å²) < 4.78 is 0. The van der Waals surface area contributed by atoms with Crippen LogP contribution in [-0.2, 0) is 11.2 Å². The quantitative estimate of drug-likeness (QED) is 0.933. The Labute approximate surface area is 123 Å². The highest BCUT2D eigenvalue weighted by molar-refractivity contribution is 5.70. The van der Waals surface area contributed by atoms with Crippen LogP contribution in [-0.4, -0.2) is 34.1 Å². The fraction of sp³-hybridized carbons (Fsp3) is 0.312. The number of hydrogen-bond donors (Lipinski definition) is 1. The molecule has 0 spiro atoms. The Balaban J connectivity index is 2.02. The largest absolute Gasteiger partial charge is 0.481 e. The highest BCUT2D eigenvalue weighted by Crippen LogP contribution is 2.23. The molecule has 2 aromatic rings. The first kappa shape index (κ1) is 13.5. The molecule has 0 bridgehead atoms. The first-order valence-corrected chi connectivity index (χ1v) is 7.12. The molecule has 0 radical (unpaired) electrons. The van der Waals surface area contributed by atoms with Crippen LogP contribution in [0.25, 0.3) is 11.4 Å². The number of carboxylic acid groups (broad SMARTS) is 1. The van der Waals surface area contributed by atoms with Gasteiger partial charge in [-0.25, -0.2) is 9.97 Å². The van der Waals surface area contributed by atoms with Gasteiger partial charge in [-0.1, -0.05) is 30.3 Å². The van der Waals surface area contributed by atoms with Crippen LogP contribution in [0.15, 0.2) is 36.4 Å². The number of benzene rings is 1. The highest BCUT2D eigenvalue weighted by atomic mass is 16.4. The third-order valence-electron chi connectivity index (χ3n) is 3.56. The lowest BCUT2D eigenvalue weighted by Crippen LogP contribution is -2.20. The van der Waals surface area contributed by atoms with Crippen LogP contribution in [0.5, 0.6) is 0 Å². The van der Waals surface area contributed by atoms with E-state index in [1.165, 1.54) is 0 Å². The van der Waals surface area contributed by atoms with Crippen molar-refractivity contribution < 1.29 is 9.90 Å². The summed E-state index contributed by atoms with van der Waals surface area (Å²) in [5.41, 5.74) is 1.46. The van der Waals surface area contributed by atoms with Gasteiger partial charge in [0.05, 0.1) is 12.1 Å². The van der Waals surface area contributed by atoms with E-state index in [1.54, 1.807) is 6.07 Å². The molecule has 108 valence electrons. The lowest BCUT2D eigenvalue weighted by Gasteiger charge is -2.18. The van der Waals surface area contributed by atoms with Gasteiger partial charge in [-0.05, 0) is 12.8 Å². The first-order valence-electron chi connectivity index (χ1n) is 7.12. The molecule has 1 fully saturated rings. The Bertz CT molecular complexity index is 637. The number of carboxylic acids is 1. The van der Waals surface area contributed by atoms with Crippen LogP contribution in [0.3, 0.4) is 0 Å². The maximum atomic E-state index is 11.0. The second-order valence-electron chi connectivity index (χ2n) is 5.17. The summed E-state index contributed by atoms with van der Waals surface area (Å²) in [6, 6.07) is 11.5. The Hall–Kier alpha value is -2.43. The molecular weight excluding hydrogens is 266 g/mol. The van der Waals surface area contributed by atoms with E-state index in [0.717, 1.165) is 37.3 Å². The third-order valence-corrected chi connectivity index (χ3v) is 3.56. The molecule has 1 aromatic carbocycles. The summed E-state index contributed by atoms with van der Waals surface area (Å²) in [5, 5.41) is 9.01. The van der Waals surface area contributed by atoms with E-state index in [4.69, 9.17) is 5.11 Å². The van der Waals surface area contributed by atoms with Gasteiger partial charge in [0, 0.05) is 24.7 Å². The smallest absolute Gasteiger partial charge is 0.309 e. The van der Waals surface area contributed by atoms with Gasteiger partial charge < -0.3 is 10.0 Å². The van der Waals surface area contributed by atoms with E-state index in [9.17, 15) is 4.79 Å². The van der Waals surface area contributed by atoms with Gasteiger partial charge in [0.25, 0.3) is 0 Å². The van der Waals surface area contributed by atoms with Gasteiger partial charge >= 0.3 is 5.97 Å². The number of nitrogens with zero attached hydrogens (tertiary/aromatic N) is 3. The van der Waals surface area contributed by atoms with E-state index in [2.05, 4.69) is 14.9 Å². The summed E-state index contributed by atoms with van der Waals surface area (Å²) in [7, 11) is 0. The Morgan fingerprint density at radius 3 is 2.52 bits per heavy atom. The molecule has 2 heterocycles. The lowest BCUT2D eigenvalue weighted by atomic mass is 10.2. The van der Waals surface area contributed by atoms with Crippen LogP contribution in [0.1, 0.15) is 18.5 Å². The molecule has 0 amide bonds. The zero-order chi connectivity index (χ0) is 14.7. The standard InChI is InChI=1S/C16H17N3O2/c20-15(21)11-13-10-14(19-8-4-5-9-19)18-16(17-13)12-6-2-1-3-7-12/h1-3,6-7,10H,4-5,8-9,11H2,(H,20,21). The molecule has 0 saturated carbocycles. The zero-order valence-electron chi connectivity index (χ0n) is 11.7. The molecule has 3 rings (SSSR count). The van der Waals surface area contributed by atoms with Crippen LogP contribution >= 0.6 is 0 Å². The van der Waals surface area contributed by atoms with E-state index >= 15 is 0 Å². The average molecular weight is 283 g/mol. The molecular formula is C16H17N3O2. The molecule has 1 aliphatic rings. The zero-order valence-corrected chi connectivity index (χ0v) is 11.7. The van der Waals surface area contributed by atoms with Crippen molar-refractivity contribution >= 4 is 11.8 Å². The number of hydrogen-bond acceptors (Lipinski definition) is 4. The summed E-state index contributed by atoms with van der Waals surface area (Å²) in [6.45, 7) is 1.94.